The molecule has 7 nitrogen and oxygen atoms in total. The highest BCUT2D eigenvalue weighted by molar-refractivity contribution is 5.99. The fourth-order valence-electron chi connectivity index (χ4n) is 2.10. The molecule has 7 heteroatoms. The van der Waals surface area contributed by atoms with Gasteiger partial charge in [-0.1, -0.05) is 0 Å². The minimum Gasteiger partial charge on any atom is -0.497 e. The van der Waals surface area contributed by atoms with E-state index in [1.54, 1.807) is 56.7 Å². The van der Waals surface area contributed by atoms with Gasteiger partial charge in [0.25, 0.3) is 5.91 Å². The summed E-state index contributed by atoms with van der Waals surface area (Å²) in [6.45, 7) is -0.167. The first-order valence-corrected chi connectivity index (χ1v) is 7.51. The fraction of sp³-hybridized carbons (Fsp3) is 0.222. The number of ether oxygens (including phenoxy) is 3. The lowest BCUT2D eigenvalue weighted by molar-refractivity contribution is -0.115. The van der Waals surface area contributed by atoms with Crippen molar-refractivity contribution in [3.8, 4) is 17.2 Å². The number of methoxy groups -OCH3 is 3. The average Bonchev–Trinajstić information content (AvgIpc) is 2.66. The Bertz CT molecular complexity index is 744. The Morgan fingerprint density at radius 1 is 0.880 bits per heavy atom. The molecular formula is C18H20N2O5. The third kappa shape index (κ3) is 4.87. The topological polar surface area (TPSA) is 85.9 Å². The summed E-state index contributed by atoms with van der Waals surface area (Å²) < 4.78 is 15.3. The van der Waals surface area contributed by atoms with Crippen molar-refractivity contribution in [1.29, 1.82) is 0 Å². The van der Waals surface area contributed by atoms with Gasteiger partial charge in [0.1, 0.15) is 17.2 Å². The zero-order valence-electron chi connectivity index (χ0n) is 14.3. The molecule has 0 unspecified atom stereocenters. The lowest BCUT2D eigenvalue weighted by Crippen LogP contribution is -2.32. The highest BCUT2D eigenvalue weighted by Crippen LogP contribution is 2.28. The Kier molecular flexibility index (Phi) is 6.22. The summed E-state index contributed by atoms with van der Waals surface area (Å²) in [5.74, 6) is 1.02. The maximum absolute atomic E-state index is 12.0. The van der Waals surface area contributed by atoms with Crippen LogP contribution in [-0.4, -0.2) is 39.7 Å². The molecule has 0 bridgehead atoms. The first kappa shape index (κ1) is 18.1. The summed E-state index contributed by atoms with van der Waals surface area (Å²) in [6, 6.07) is 11.6. The van der Waals surface area contributed by atoms with Crippen LogP contribution in [0.2, 0.25) is 0 Å². The minimum atomic E-state index is -0.370. The quantitative estimate of drug-likeness (QED) is 0.803. The van der Waals surface area contributed by atoms with E-state index >= 15 is 0 Å². The van der Waals surface area contributed by atoms with E-state index < -0.39 is 0 Å². The molecule has 2 aromatic carbocycles. The zero-order chi connectivity index (χ0) is 18.2. The van der Waals surface area contributed by atoms with Crippen LogP contribution in [0.25, 0.3) is 0 Å². The highest BCUT2D eigenvalue weighted by Gasteiger charge is 2.11. The standard InChI is InChI=1S/C18H20N2O5/c1-23-13-6-4-12(5-7-13)18(22)19-11-17(21)20-15-9-8-14(24-2)10-16(15)25-3/h4-10H,11H2,1-3H3,(H,19,22)(H,20,21). The van der Waals surface area contributed by atoms with E-state index in [0.29, 0.717) is 28.5 Å². The van der Waals surface area contributed by atoms with E-state index in [-0.39, 0.29) is 18.4 Å². The maximum Gasteiger partial charge on any atom is 0.251 e. The molecule has 0 atom stereocenters. The predicted molar refractivity (Wildman–Crippen MR) is 93.5 cm³/mol. The van der Waals surface area contributed by atoms with E-state index in [1.807, 2.05) is 0 Å². The van der Waals surface area contributed by atoms with Crippen LogP contribution in [0.3, 0.4) is 0 Å². The van der Waals surface area contributed by atoms with Gasteiger partial charge in [0, 0.05) is 11.6 Å². The molecule has 0 aliphatic heterocycles. The second-order valence-corrected chi connectivity index (χ2v) is 5.03. The number of nitrogens with one attached hydrogen (secondary N) is 2. The van der Waals surface area contributed by atoms with Gasteiger partial charge < -0.3 is 24.8 Å². The van der Waals surface area contributed by atoms with E-state index in [9.17, 15) is 9.59 Å². The van der Waals surface area contributed by atoms with E-state index in [2.05, 4.69) is 10.6 Å². The van der Waals surface area contributed by atoms with Crippen molar-refractivity contribution in [3.63, 3.8) is 0 Å². The van der Waals surface area contributed by atoms with Crippen LogP contribution in [-0.2, 0) is 4.79 Å². The SMILES string of the molecule is COc1ccc(C(=O)NCC(=O)Nc2ccc(OC)cc2OC)cc1. The minimum absolute atomic E-state index is 0.167. The van der Waals surface area contributed by atoms with E-state index in [1.165, 1.54) is 7.11 Å². The number of rotatable bonds is 7. The van der Waals surface area contributed by atoms with Crippen LogP contribution >= 0.6 is 0 Å². The molecule has 2 amide bonds. The van der Waals surface area contributed by atoms with Gasteiger partial charge in [0.15, 0.2) is 0 Å². The third-order valence-electron chi connectivity index (χ3n) is 3.44. The monoisotopic (exact) mass is 344 g/mol. The number of amides is 2. The molecule has 2 N–H and O–H groups in total. The zero-order valence-corrected chi connectivity index (χ0v) is 14.3. The first-order chi connectivity index (χ1) is 12.1. The average molecular weight is 344 g/mol. The summed E-state index contributed by atoms with van der Waals surface area (Å²) in [5, 5.41) is 5.24. The summed E-state index contributed by atoms with van der Waals surface area (Å²) >= 11 is 0. The molecule has 0 aliphatic carbocycles. The molecule has 132 valence electrons. The van der Waals surface area contributed by atoms with Crippen molar-refractivity contribution in [2.45, 2.75) is 0 Å². The molecular weight excluding hydrogens is 324 g/mol. The van der Waals surface area contributed by atoms with Crippen LogP contribution < -0.4 is 24.8 Å². The Hall–Kier alpha value is -3.22. The molecule has 0 spiro atoms. The first-order valence-electron chi connectivity index (χ1n) is 7.51. The van der Waals surface area contributed by atoms with Crippen molar-refractivity contribution >= 4 is 17.5 Å². The van der Waals surface area contributed by atoms with Crippen LogP contribution in [0.5, 0.6) is 17.2 Å². The Morgan fingerprint density at radius 2 is 1.52 bits per heavy atom. The van der Waals surface area contributed by atoms with Gasteiger partial charge in [0.05, 0.1) is 33.6 Å². The number of carbonyl (C=O) groups excluding carboxylic acids is 2. The van der Waals surface area contributed by atoms with Crippen molar-refractivity contribution in [2.75, 3.05) is 33.2 Å². The number of carbonyl (C=O) groups is 2. The molecule has 0 saturated carbocycles. The molecule has 2 rings (SSSR count). The van der Waals surface area contributed by atoms with Gasteiger partial charge in [-0.25, -0.2) is 0 Å². The summed E-state index contributed by atoms with van der Waals surface area (Å²) in [7, 11) is 4.59. The van der Waals surface area contributed by atoms with Crippen LogP contribution in [0, 0.1) is 0 Å². The Labute approximate surface area is 145 Å². The molecule has 25 heavy (non-hydrogen) atoms. The van der Waals surface area contributed by atoms with E-state index in [0.717, 1.165) is 0 Å². The smallest absolute Gasteiger partial charge is 0.251 e. The van der Waals surface area contributed by atoms with Crippen LogP contribution in [0.4, 0.5) is 5.69 Å². The van der Waals surface area contributed by atoms with Crippen molar-refractivity contribution in [3.05, 3.63) is 48.0 Å². The van der Waals surface area contributed by atoms with Crippen LogP contribution in [0.15, 0.2) is 42.5 Å². The van der Waals surface area contributed by atoms with Gasteiger partial charge in [-0.2, -0.15) is 0 Å². The molecule has 0 fully saturated rings. The lowest BCUT2D eigenvalue weighted by Gasteiger charge is -2.12. The number of anilines is 1. The normalized spacial score (nSPS) is 9.88. The van der Waals surface area contributed by atoms with Crippen molar-refractivity contribution < 1.29 is 23.8 Å². The van der Waals surface area contributed by atoms with Crippen LogP contribution in [0.1, 0.15) is 10.4 Å². The van der Waals surface area contributed by atoms with Gasteiger partial charge >= 0.3 is 0 Å². The molecule has 0 saturated heterocycles. The van der Waals surface area contributed by atoms with E-state index in [4.69, 9.17) is 14.2 Å². The molecule has 0 aromatic heterocycles. The second kappa shape index (κ2) is 8.58. The maximum atomic E-state index is 12.0. The van der Waals surface area contributed by atoms with Crippen molar-refractivity contribution in [2.24, 2.45) is 0 Å². The molecule has 0 heterocycles. The summed E-state index contributed by atoms with van der Waals surface area (Å²) in [5.41, 5.74) is 0.933. The predicted octanol–water partition coefficient (Wildman–Crippen LogP) is 2.08. The molecule has 0 radical (unpaired) electrons. The summed E-state index contributed by atoms with van der Waals surface area (Å²) in [6.07, 6.45) is 0. The van der Waals surface area contributed by atoms with Crippen molar-refractivity contribution in [1.82, 2.24) is 5.32 Å². The molecule has 0 aliphatic rings. The van der Waals surface area contributed by atoms with Gasteiger partial charge in [-0.15, -0.1) is 0 Å². The molecule has 2 aromatic rings. The lowest BCUT2D eigenvalue weighted by atomic mass is 10.2. The Morgan fingerprint density at radius 3 is 2.12 bits per heavy atom. The van der Waals surface area contributed by atoms with Gasteiger partial charge in [0.2, 0.25) is 5.91 Å². The Balaban J connectivity index is 1.92. The number of hydrogen-bond donors (Lipinski definition) is 2. The summed E-state index contributed by atoms with van der Waals surface area (Å²) in [4.78, 5) is 24.1. The second-order valence-electron chi connectivity index (χ2n) is 5.03. The number of hydrogen-bond acceptors (Lipinski definition) is 5. The third-order valence-corrected chi connectivity index (χ3v) is 3.44. The number of benzene rings is 2. The van der Waals surface area contributed by atoms with Gasteiger partial charge in [-0.3, -0.25) is 9.59 Å². The highest BCUT2D eigenvalue weighted by atomic mass is 16.5. The largest absolute Gasteiger partial charge is 0.497 e. The van der Waals surface area contributed by atoms with Gasteiger partial charge in [-0.05, 0) is 36.4 Å². The fourth-order valence-corrected chi connectivity index (χ4v) is 2.10.